The molecule has 40 heavy (non-hydrogen) atoms. The maximum absolute atomic E-state index is 5.55. The van der Waals surface area contributed by atoms with Crippen molar-refractivity contribution in [2.75, 3.05) is 143 Å². The summed E-state index contributed by atoms with van der Waals surface area (Å²) in [5.74, 6) is 0. The molecule has 240 valence electrons. The van der Waals surface area contributed by atoms with Crippen LogP contribution in [0.3, 0.4) is 0 Å². The first-order valence-electron chi connectivity index (χ1n) is 14.5. The van der Waals surface area contributed by atoms with Crippen molar-refractivity contribution in [1.82, 2.24) is 0 Å². The SMILES string of the molecule is C=COCCOCCOCCOCCOCCOCCOCCOCCOCCOCCOCCCCCCI. The Hall–Kier alpha value is -0.130. The van der Waals surface area contributed by atoms with Crippen LogP contribution in [0.25, 0.3) is 0 Å². The lowest BCUT2D eigenvalue weighted by atomic mass is 10.2. The lowest BCUT2D eigenvalue weighted by Gasteiger charge is -2.09. The van der Waals surface area contributed by atoms with Gasteiger partial charge in [-0.05, 0) is 17.3 Å². The first-order valence-corrected chi connectivity index (χ1v) is 16.0. The van der Waals surface area contributed by atoms with E-state index in [4.69, 9.17) is 52.1 Å². The summed E-state index contributed by atoms with van der Waals surface area (Å²) in [6.07, 6.45) is 6.38. The van der Waals surface area contributed by atoms with Crippen LogP contribution in [0.5, 0.6) is 0 Å². The van der Waals surface area contributed by atoms with Crippen molar-refractivity contribution in [2.24, 2.45) is 0 Å². The predicted molar refractivity (Wildman–Crippen MR) is 162 cm³/mol. The number of unbranched alkanes of at least 4 members (excludes halogenated alkanes) is 3. The van der Waals surface area contributed by atoms with Crippen LogP contribution in [0.2, 0.25) is 0 Å². The first-order chi connectivity index (χ1) is 19.9. The van der Waals surface area contributed by atoms with E-state index in [2.05, 4.69) is 29.2 Å². The molecule has 0 atom stereocenters. The topological polar surface area (TPSA) is 102 Å². The van der Waals surface area contributed by atoms with Crippen molar-refractivity contribution in [3.05, 3.63) is 12.8 Å². The van der Waals surface area contributed by atoms with Crippen LogP contribution in [0.4, 0.5) is 0 Å². The van der Waals surface area contributed by atoms with Crippen molar-refractivity contribution in [3.8, 4) is 0 Å². The van der Waals surface area contributed by atoms with Gasteiger partial charge in [-0.25, -0.2) is 0 Å². The third kappa shape index (κ3) is 37.9. The predicted octanol–water partition coefficient (Wildman–Crippen LogP) is 3.31. The lowest BCUT2D eigenvalue weighted by Crippen LogP contribution is -2.15. The zero-order valence-electron chi connectivity index (χ0n) is 24.5. The van der Waals surface area contributed by atoms with Gasteiger partial charge in [0.1, 0.15) is 6.61 Å². The molecule has 0 saturated heterocycles. The number of halogens is 1. The van der Waals surface area contributed by atoms with Crippen LogP contribution in [-0.4, -0.2) is 143 Å². The highest BCUT2D eigenvalue weighted by Gasteiger charge is 1.96. The van der Waals surface area contributed by atoms with Crippen LogP contribution in [0, 0.1) is 0 Å². The van der Waals surface area contributed by atoms with Crippen molar-refractivity contribution in [2.45, 2.75) is 25.7 Å². The molecule has 0 aromatic heterocycles. The van der Waals surface area contributed by atoms with Gasteiger partial charge in [-0.1, -0.05) is 42.0 Å². The summed E-state index contributed by atoms with van der Waals surface area (Å²) >= 11 is 2.42. The van der Waals surface area contributed by atoms with E-state index in [1.807, 2.05) is 0 Å². The average molecular weight is 695 g/mol. The molecule has 0 aliphatic rings. The number of rotatable bonds is 37. The maximum Gasteiger partial charge on any atom is 0.111 e. The molecule has 12 heteroatoms. The van der Waals surface area contributed by atoms with E-state index in [1.54, 1.807) is 0 Å². The van der Waals surface area contributed by atoms with Crippen molar-refractivity contribution >= 4 is 22.6 Å². The van der Waals surface area contributed by atoms with Gasteiger partial charge >= 0.3 is 0 Å². The molecule has 0 fully saturated rings. The fourth-order valence-corrected chi connectivity index (χ4v) is 3.46. The van der Waals surface area contributed by atoms with E-state index in [0.29, 0.717) is 132 Å². The average Bonchev–Trinajstić information content (AvgIpc) is 2.97. The number of ether oxygens (including phenoxy) is 11. The molecule has 0 spiro atoms. The van der Waals surface area contributed by atoms with Gasteiger partial charge in [-0.2, -0.15) is 0 Å². The number of hydrogen-bond donors (Lipinski definition) is 0. The Morgan fingerprint density at radius 2 is 0.575 bits per heavy atom. The van der Waals surface area contributed by atoms with Gasteiger partial charge in [0.2, 0.25) is 0 Å². The highest BCUT2D eigenvalue weighted by atomic mass is 127. The summed E-state index contributed by atoms with van der Waals surface area (Å²) in [7, 11) is 0. The molecule has 0 bridgehead atoms. The lowest BCUT2D eigenvalue weighted by molar-refractivity contribution is -0.0269. The van der Waals surface area contributed by atoms with E-state index < -0.39 is 0 Å². The molecule has 0 rings (SSSR count). The zero-order valence-corrected chi connectivity index (χ0v) is 26.7. The van der Waals surface area contributed by atoms with Gasteiger partial charge in [-0.3, -0.25) is 0 Å². The van der Waals surface area contributed by atoms with E-state index in [1.165, 1.54) is 30.0 Å². The molecule has 0 N–H and O–H groups in total. The van der Waals surface area contributed by atoms with Crippen LogP contribution in [0.15, 0.2) is 12.8 Å². The molecular formula is C28H55IO11. The first kappa shape index (κ1) is 39.9. The molecule has 0 radical (unpaired) electrons. The molecule has 0 amide bonds. The van der Waals surface area contributed by atoms with Gasteiger partial charge in [0.05, 0.1) is 132 Å². The normalized spacial score (nSPS) is 11.3. The molecule has 0 aliphatic carbocycles. The van der Waals surface area contributed by atoms with Crippen LogP contribution < -0.4 is 0 Å². The second-order valence-corrected chi connectivity index (χ2v) is 9.34. The molecule has 0 saturated carbocycles. The highest BCUT2D eigenvalue weighted by molar-refractivity contribution is 14.1. The summed E-state index contributed by atoms with van der Waals surface area (Å²) in [6.45, 7) is 15.1. The Bertz CT molecular complexity index is 464. The van der Waals surface area contributed by atoms with Crippen LogP contribution >= 0.6 is 22.6 Å². The zero-order chi connectivity index (χ0) is 28.9. The number of alkyl halides is 1. The quantitative estimate of drug-likeness (QED) is 0.0415. The van der Waals surface area contributed by atoms with Crippen molar-refractivity contribution in [1.29, 1.82) is 0 Å². The largest absolute Gasteiger partial charge is 0.499 e. The van der Waals surface area contributed by atoms with E-state index in [9.17, 15) is 0 Å². The second-order valence-electron chi connectivity index (χ2n) is 8.26. The minimum absolute atomic E-state index is 0.506. The Kier molecular flexibility index (Phi) is 38.7. The van der Waals surface area contributed by atoms with E-state index >= 15 is 0 Å². The fourth-order valence-electron chi connectivity index (χ4n) is 2.92. The van der Waals surface area contributed by atoms with Gasteiger partial charge < -0.3 is 52.1 Å². The summed E-state index contributed by atoms with van der Waals surface area (Å²) in [6, 6.07) is 0. The summed E-state index contributed by atoms with van der Waals surface area (Å²) in [5.41, 5.74) is 0. The van der Waals surface area contributed by atoms with E-state index in [-0.39, 0.29) is 0 Å². The van der Waals surface area contributed by atoms with Crippen LogP contribution in [-0.2, 0) is 52.1 Å². The minimum atomic E-state index is 0.506. The smallest absolute Gasteiger partial charge is 0.111 e. The molecule has 0 aromatic rings. The number of hydrogen-bond acceptors (Lipinski definition) is 11. The monoisotopic (exact) mass is 694 g/mol. The van der Waals surface area contributed by atoms with E-state index in [0.717, 1.165) is 13.0 Å². The Morgan fingerprint density at radius 3 is 0.850 bits per heavy atom. The van der Waals surface area contributed by atoms with Crippen molar-refractivity contribution < 1.29 is 52.1 Å². The van der Waals surface area contributed by atoms with Crippen molar-refractivity contribution in [3.63, 3.8) is 0 Å². The standard InChI is InChI=1S/C28H55IO11/c1-2-30-9-10-32-13-14-34-17-18-36-21-22-38-25-26-40-28-27-39-24-23-37-20-19-35-16-15-33-12-11-31-8-6-4-3-5-7-29/h2H,1,3-28H2. The molecule has 0 unspecified atom stereocenters. The summed E-state index contributed by atoms with van der Waals surface area (Å²) in [5, 5.41) is 0. The third-order valence-electron chi connectivity index (χ3n) is 4.98. The fraction of sp³-hybridized carbons (Fsp3) is 0.929. The molecular weight excluding hydrogens is 639 g/mol. The van der Waals surface area contributed by atoms with Gasteiger partial charge in [0.25, 0.3) is 0 Å². The summed E-state index contributed by atoms with van der Waals surface area (Å²) < 4.78 is 60.7. The van der Waals surface area contributed by atoms with Gasteiger partial charge in [0.15, 0.2) is 0 Å². The molecule has 0 aliphatic heterocycles. The second kappa shape index (κ2) is 38.9. The van der Waals surface area contributed by atoms with Crippen LogP contribution in [0.1, 0.15) is 25.7 Å². The molecule has 0 heterocycles. The molecule has 11 nitrogen and oxygen atoms in total. The highest BCUT2D eigenvalue weighted by Crippen LogP contribution is 2.02. The summed E-state index contributed by atoms with van der Waals surface area (Å²) in [4.78, 5) is 0. The Balaban J connectivity index is 3.02. The maximum atomic E-state index is 5.55. The van der Waals surface area contributed by atoms with Gasteiger partial charge in [-0.15, -0.1) is 0 Å². The minimum Gasteiger partial charge on any atom is -0.499 e. The molecule has 0 aromatic carbocycles. The van der Waals surface area contributed by atoms with Gasteiger partial charge in [0, 0.05) is 6.61 Å². The third-order valence-corrected chi connectivity index (χ3v) is 5.75. The Morgan fingerprint density at radius 1 is 0.325 bits per heavy atom. The Labute approximate surface area is 255 Å².